The normalized spacial score (nSPS) is 9.94. The van der Waals surface area contributed by atoms with Crippen LogP contribution in [0.2, 0.25) is 5.02 Å². The Labute approximate surface area is 101 Å². The van der Waals surface area contributed by atoms with Gasteiger partial charge in [0.2, 0.25) is 5.91 Å². The van der Waals surface area contributed by atoms with E-state index in [4.69, 9.17) is 11.6 Å². The van der Waals surface area contributed by atoms with Crippen LogP contribution in [0.4, 0.5) is 5.69 Å². The summed E-state index contributed by atoms with van der Waals surface area (Å²) in [6, 6.07) is 7.31. The summed E-state index contributed by atoms with van der Waals surface area (Å²) < 4.78 is 0. The fourth-order valence-electron chi connectivity index (χ4n) is 1.43. The van der Waals surface area contributed by atoms with Gasteiger partial charge in [-0.3, -0.25) is 4.79 Å². The van der Waals surface area contributed by atoms with Crippen LogP contribution in [0.25, 0.3) is 0 Å². The molecule has 0 saturated carbocycles. The van der Waals surface area contributed by atoms with Gasteiger partial charge in [-0.05, 0) is 38.1 Å². The third kappa shape index (κ3) is 3.74. The average Bonchev–Trinajstić information content (AvgIpc) is 2.30. The van der Waals surface area contributed by atoms with Crippen molar-refractivity contribution in [1.29, 1.82) is 0 Å². The Kier molecular flexibility index (Phi) is 5.12. The van der Waals surface area contributed by atoms with Crippen molar-refractivity contribution in [2.45, 2.75) is 13.8 Å². The van der Waals surface area contributed by atoms with E-state index in [9.17, 15) is 4.79 Å². The number of nitrogens with zero attached hydrogens (tertiary/aromatic N) is 1. The first-order valence-corrected chi connectivity index (χ1v) is 5.82. The molecule has 3 nitrogen and oxygen atoms in total. The van der Waals surface area contributed by atoms with E-state index in [-0.39, 0.29) is 5.91 Å². The summed E-state index contributed by atoms with van der Waals surface area (Å²) in [4.78, 5) is 13.5. The Morgan fingerprint density at radius 1 is 1.25 bits per heavy atom. The monoisotopic (exact) mass is 240 g/mol. The van der Waals surface area contributed by atoms with E-state index in [2.05, 4.69) is 5.32 Å². The minimum absolute atomic E-state index is 0.111. The zero-order valence-corrected chi connectivity index (χ0v) is 10.4. The quantitative estimate of drug-likeness (QED) is 0.858. The fraction of sp³-hybridized carbons (Fsp3) is 0.417. The molecule has 0 aliphatic heterocycles. The van der Waals surface area contributed by atoms with Crippen LogP contribution in [0.1, 0.15) is 13.8 Å². The van der Waals surface area contributed by atoms with E-state index in [0.29, 0.717) is 11.6 Å². The SMILES string of the molecule is CCN(CC)C(=O)CNc1ccc(Cl)cc1. The number of carbonyl (C=O) groups excluding carboxylic acids is 1. The van der Waals surface area contributed by atoms with Crippen LogP contribution in [0.3, 0.4) is 0 Å². The van der Waals surface area contributed by atoms with Gasteiger partial charge in [0.15, 0.2) is 0 Å². The molecular weight excluding hydrogens is 224 g/mol. The number of halogens is 1. The number of amides is 1. The van der Waals surface area contributed by atoms with E-state index in [1.165, 1.54) is 0 Å². The number of likely N-dealkylation sites (N-methyl/N-ethyl adjacent to an activating group) is 1. The van der Waals surface area contributed by atoms with Gasteiger partial charge in [0.1, 0.15) is 0 Å². The number of anilines is 1. The lowest BCUT2D eigenvalue weighted by Crippen LogP contribution is -2.35. The van der Waals surface area contributed by atoms with Gasteiger partial charge < -0.3 is 10.2 Å². The Bertz CT molecular complexity index is 333. The van der Waals surface area contributed by atoms with Gasteiger partial charge in [-0.2, -0.15) is 0 Å². The second-order valence-corrected chi connectivity index (χ2v) is 3.86. The summed E-state index contributed by atoms with van der Waals surface area (Å²) in [5, 5.41) is 3.77. The summed E-state index contributed by atoms with van der Waals surface area (Å²) >= 11 is 5.77. The van der Waals surface area contributed by atoms with Crippen molar-refractivity contribution in [3.63, 3.8) is 0 Å². The lowest BCUT2D eigenvalue weighted by atomic mass is 10.3. The van der Waals surface area contributed by atoms with Crippen molar-refractivity contribution in [3.05, 3.63) is 29.3 Å². The molecule has 0 aromatic heterocycles. The first kappa shape index (κ1) is 12.8. The molecule has 1 N–H and O–H groups in total. The van der Waals surface area contributed by atoms with Crippen LogP contribution >= 0.6 is 11.6 Å². The van der Waals surface area contributed by atoms with E-state index in [0.717, 1.165) is 18.8 Å². The summed E-state index contributed by atoms with van der Waals surface area (Å²) in [7, 11) is 0. The molecule has 0 aliphatic rings. The molecule has 0 fully saturated rings. The molecule has 1 aromatic rings. The lowest BCUT2D eigenvalue weighted by Gasteiger charge is -2.19. The largest absolute Gasteiger partial charge is 0.376 e. The molecule has 0 bridgehead atoms. The number of benzene rings is 1. The molecule has 0 spiro atoms. The lowest BCUT2D eigenvalue weighted by molar-refractivity contribution is -0.128. The highest BCUT2D eigenvalue weighted by molar-refractivity contribution is 6.30. The zero-order valence-electron chi connectivity index (χ0n) is 9.66. The van der Waals surface area contributed by atoms with Crippen LogP contribution in [-0.4, -0.2) is 30.4 Å². The summed E-state index contributed by atoms with van der Waals surface area (Å²) in [6.45, 7) is 5.77. The van der Waals surface area contributed by atoms with E-state index < -0.39 is 0 Å². The standard InChI is InChI=1S/C12H17ClN2O/c1-3-15(4-2)12(16)9-14-11-7-5-10(13)6-8-11/h5-8,14H,3-4,9H2,1-2H3. The maximum absolute atomic E-state index is 11.7. The predicted molar refractivity (Wildman–Crippen MR) is 67.9 cm³/mol. The van der Waals surface area contributed by atoms with Gasteiger partial charge >= 0.3 is 0 Å². The molecule has 1 rings (SSSR count). The Balaban J connectivity index is 2.45. The van der Waals surface area contributed by atoms with Crippen LogP contribution in [0, 0.1) is 0 Å². The molecule has 0 heterocycles. The Hall–Kier alpha value is -1.22. The minimum atomic E-state index is 0.111. The van der Waals surface area contributed by atoms with Crippen molar-refractivity contribution >= 4 is 23.2 Å². The molecule has 4 heteroatoms. The van der Waals surface area contributed by atoms with Crippen LogP contribution in [0.15, 0.2) is 24.3 Å². The third-order valence-corrected chi connectivity index (χ3v) is 2.66. The highest BCUT2D eigenvalue weighted by Crippen LogP contribution is 2.12. The Morgan fingerprint density at radius 2 is 1.81 bits per heavy atom. The van der Waals surface area contributed by atoms with Crippen molar-refractivity contribution in [2.24, 2.45) is 0 Å². The van der Waals surface area contributed by atoms with Gasteiger partial charge in [0, 0.05) is 23.8 Å². The number of carbonyl (C=O) groups is 1. The molecule has 0 atom stereocenters. The smallest absolute Gasteiger partial charge is 0.241 e. The molecule has 0 unspecified atom stereocenters. The molecule has 1 amide bonds. The predicted octanol–water partition coefficient (Wildman–Crippen LogP) is 2.62. The second-order valence-electron chi connectivity index (χ2n) is 3.43. The van der Waals surface area contributed by atoms with Gasteiger partial charge in [-0.1, -0.05) is 11.6 Å². The maximum atomic E-state index is 11.7. The summed E-state index contributed by atoms with van der Waals surface area (Å²) in [6.07, 6.45) is 0. The fourth-order valence-corrected chi connectivity index (χ4v) is 1.56. The molecule has 0 aliphatic carbocycles. The first-order valence-electron chi connectivity index (χ1n) is 5.44. The average molecular weight is 241 g/mol. The molecule has 0 radical (unpaired) electrons. The third-order valence-electron chi connectivity index (χ3n) is 2.40. The van der Waals surface area contributed by atoms with Crippen molar-refractivity contribution in [2.75, 3.05) is 25.0 Å². The van der Waals surface area contributed by atoms with E-state index >= 15 is 0 Å². The number of rotatable bonds is 5. The highest BCUT2D eigenvalue weighted by atomic mass is 35.5. The topological polar surface area (TPSA) is 32.3 Å². The second kappa shape index (κ2) is 6.38. The molecular formula is C12H17ClN2O. The van der Waals surface area contributed by atoms with Gasteiger partial charge in [0.25, 0.3) is 0 Å². The van der Waals surface area contributed by atoms with E-state index in [1.54, 1.807) is 17.0 Å². The highest BCUT2D eigenvalue weighted by Gasteiger charge is 2.08. The van der Waals surface area contributed by atoms with Crippen LogP contribution < -0.4 is 5.32 Å². The molecule has 16 heavy (non-hydrogen) atoms. The van der Waals surface area contributed by atoms with Crippen molar-refractivity contribution in [3.8, 4) is 0 Å². The number of hydrogen-bond acceptors (Lipinski definition) is 2. The number of hydrogen-bond donors (Lipinski definition) is 1. The maximum Gasteiger partial charge on any atom is 0.241 e. The van der Waals surface area contributed by atoms with Crippen molar-refractivity contribution < 1.29 is 4.79 Å². The molecule has 1 aromatic carbocycles. The molecule has 0 saturated heterocycles. The van der Waals surface area contributed by atoms with Gasteiger partial charge in [-0.25, -0.2) is 0 Å². The first-order chi connectivity index (χ1) is 7.67. The van der Waals surface area contributed by atoms with E-state index in [1.807, 2.05) is 26.0 Å². The zero-order chi connectivity index (χ0) is 12.0. The summed E-state index contributed by atoms with van der Waals surface area (Å²) in [5.41, 5.74) is 0.907. The minimum Gasteiger partial charge on any atom is -0.376 e. The van der Waals surface area contributed by atoms with Crippen LogP contribution in [-0.2, 0) is 4.79 Å². The van der Waals surface area contributed by atoms with Crippen molar-refractivity contribution in [1.82, 2.24) is 4.90 Å². The van der Waals surface area contributed by atoms with Crippen LogP contribution in [0.5, 0.6) is 0 Å². The molecule has 88 valence electrons. The Morgan fingerprint density at radius 3 is 2.31 bits per heavy atom. The number of nitrogens with one attached hydrogen (secondary N) is 1. The van der Waals surface area contributed by atoms with Gasteiger partial charge in [-0.15, -0.1) is 0 Å². The summed E-state index contributed by atoms with van der Waals surface area (Å²) in [5.74, 6) is 0.111. The van der Waals surface area contributed by atoms with Gasteiger partial charge in [0.05, 0.1) is 6.54 Å².